The quantitative estimate of drug-likeness (QED) is 0.0978. The fourth-order valence-electron chi connectivity index (χ4n) is 5.04. The summed E-state index contributed by atoms with van der Waals surface area (Å²) in [5, 5.41) is 17.5. The standard InChI is InChI=1S/C20H24F2N10O9P2S2/c21-9-7(3-33)38-19(32-16-11(29-30-32)17(34)28-20(24)27-16)13(9)41-43(36,45)37-4-8-12(40-42(35)44)10(22)18(39-8)31-2-1-6-14(23)25-5-26-15(6)31/h1-2,5,7-10,12-13,18-19,33,42H,3-4H2,(H,35,44)(H,36,45)(H2,23,25,26)(H3,24,27,28,34)/t7-,8-,9+,10+,12-,13-,18-,19-,43?/m1/s1. The van der Waals surface area contributed by atoms with Crippen molar-refractivity contribution in [2.24, 2.45) is 0 Å². The van der Waals surface area contributed by atoms with Crippen molar-refractivity contribution in [1.29, 1.82) is 0 Å². The van der Waals surface area contributed by atoms with Crippen LogP contribution in [0, 0.1) is 0 Å². The lowest BCUT2D eigenvalue weighted by Gasteiger charge is -2.24. The summed E-state index contributed by atoms with van der Waals surface area (Å²) in [7, 11) is -3.02. The smallest absolute Gasteiger partial charge is 0.386 e. The number of hydrogen-bond acceptors (Lipinski definition) is 16. The third-order valence-corrected chi connectivity index (χ3v) is 9.42. The molecule has 2 fully saturated rings. The van der Waals surface area contributed by atoms with E-state index < -0.39 is 82.0 Å². The van der Waals surface area contributed by atoms with Crippen molar-refractivity contribution in [2.45, 2.75) is 49.2 Å². The molecule has 244 valence electrons. The summed E-state index contributed by atoms with van der Waals surface area (Å²) in [4.78, 5) is 26.3. The van der Waals surface area contributed by atoms with Crippen LogP contribution in [-0.2, 0) is 32.2 Å². The van der Waals surface area contributed by atoms with E-state index in [1.165, 1.54) is 17.1 Å². The van der Waals surface area contributed by atoms with E-state index in [1.54, 1.807) is 6.07 Å². The second-order valence-corrected chi connectivity index (χ2v) is 14.5. The molecule has 6 N–H and O–H groups in total. The van der Waals surface area contributed by atoms with Gasteiger partial charge in [0.05, 0.1) is 18.6 Å². The highest BCUT2D eigenvalue weighted by Gasteiger charge is 2.52. The first-order chi connectivity index (χ1) is 21.4. The Bertz CT molecular complexity index is 1870. The number of anilines is 2. The van der Waals surface area contributed by atoms with Gasteiger partial charge in [-0.2, -0.15) is 9.67 Å². The molecule has 6 heterocycles. The molecule has 45 heavy (non-hydrogen) atoms. The van der Waals surface area contributed by atoms with Crippen LogP contribution in [0.5, 0.6) is 0 Å². The Morgan fingerprint density at radius 1 is 1.16 bits per heavy atom. The maximum absolute atomic E-state index is 15.7. The van der Waals surface area contributed by atoms with Gasteiger partial charge in [-0.3, -0.25) is 23.4 Å². The van der Waals surface area contributed by atoms with Gasteiger partial charge in [-0.15, -0.1) is 5.10 Å². The number of H-pyrrole nitrogens is 1. The van der Waals surface area contributed by atoms with E-state index in [1.807, 2.05) is 0 Å². The van der Waals surface area contributed by atoms with Crippen LogP contribution in [0.4, 0.5) is 20.5 Å². The maximum Gasteiger partial charge on any atom is 0.386 e. The van der Waals surface area contributed by atoms with Gasteiger partial charge in [0.25, 0.3) is 5.56 Å². The van der Waals surface area contributed by atoms with Crippen molar-refractivity contribution >= 4 is 72.5 Å². The lowest BCUT2D eigenvalue weighted by Crippen LogP contribution is -2.33. The van der Waals surface area contributed by atoms with Crippen molar-refractivity contribution < 1.29 is 46.1 Å². The van der Waals surface area contributed by atoms with Crippen LogP contribution in [0.1, 0.15) is 12.5 Å². The molecule has 0 amide bonds. The van der Waals surface area contributed by atoms with E-state index in [0.717, 1.165) is 4.68 Å². The molecule has 4 aromatic rings. The molecular formula is C20H24F2N10O9P2S2. The number of fused-ring (bicyclic) bond motifs is 2. The molecule has 10 atom stereocenters. The largest absolute Gasteiger partial charge is 0.394 e. The van der Waals surface area contributed by atoms with Crippen molar-refractivity contribution in [1.82, 2.24) is 39.5 Å². The number of aliphatic hydroxyl groups is 1. The Morgan fingerprint density at radius 3 is 2.64 bits per heavy atom. The zero-order chi connectivity index (χ0) is 32.2. The highest BCUT2D eigenvalue weighted by atomic mass is 32.7. The lowest BCUT2D eigenvalue weighted by atomic mass is 10.1. The first-order valence-electron chi connectivity index (χ1n) is 12.8. The van der Waals surface area contributed by atoms with Gasteiger partial charge >= 0.3 is 6.80 Å². The fraction of sp³-hybridized carbons (Fsp3) is 0.500. The number of aliphatic hydroxyl groups excluding tert-OH is 1. The molecule has 0 bridgehead atoms. The van der Waals surface area contributed by atoms with Crippen LogP contribution in [-0.4, -0.2) is 94.6 Å². The van der Waals surface area contributed by atoms with Gasteiger partial charge in [0.2, 0.25) is 13.2 Å². The highest BCUT2D eigenvalue weighted by Crippen LogP contribution is 2.57. The minimum absolute atomic E-state index is 0.141. The van der Waals surface area contributed by atoms with Gasteiger partial charge in [0, 0.05) is 6.20 Å². The molecular weight excluding hydrogens is 688 g/mol. The molecule has 2 unspecified atom stereocenters. The number of halogens is 2. The van der Waals surface area contributed by atoms with Crippen LogP contribution in [0.25, 0.3) is 22.2 Å². The number of aromatic nitrogens is 8. The van der Waals surface area contributed by atoms with Crippen LogP contribution in [0.15, 0.2) is 23.4 Å². The average Bonchev–Trinajstić information content (AvgIpc) is 3.73. The van der Waals surface area contributed by atoms with Gasteiger partial charge in [0.1, 0.15) is 42.2 Å². The molecule has 0 radical (unpaired) electrons. The molecule has 19 nitrogen and oxygen atoms in total. The summed E-state index contributed by atoms with van der Waals surface area (Å²) in [6, 6.07) is 1.54. The minimum atomic E-state index is -4.57. The summed E-state index contributed by atoms with van der Waals surface area (Å²) in [5.41, 5.74) is 10.5. The highest BCUT2D eigenvalue weighted by molar-refractivity contribution is 8.44. The first kappa shape index (κ1) is 32.2. The second-order valence-electron chi connectivity index (χ2n) is 9.76. The van der Waals surface area contributed by atoms with E-state index in [-0.39, 0.29) is 28.6 Å². The number of nitrogens with zero attached hydrogens (tertiary/aromatic N) is 7. The van der Waals surface area contributed by atoms with E-state index in [0.29, 0.717) is 5.39 Å². The van der Waals surface area contributed by atoms with Crippen molar-refractivity contribution in [3.05, 3.63) is 28.9 Å². The molecule has 0 saturated carbocycles. The van der Waals surface area contributed by atoms with Crippen LogP contribution >= 0.6 is 38.5 Å². The van der Waals surface area contributed by atoms with Crippen LogP contribution < -0.4 is 17.0 Å². The summed E-state index contributed by atoms with van der Waals surface area (Å²) in [6.45, 7) is -6.09. The predicted octanol–water partition coefficient (Wildman–Crippen LogP) is 0.732. The summed E-state index contributed by atoms with van der Waals surface area (Å²) < 4.78 is 85.8. The summed E-state index contributed by atoms with van der Waals surface area (Å²) >= 11 is 7.67. The zero-order valence-electron chi connectivity index (χ0n) is 22.4. The zero-order valence-corrected chi connectivity index (χ0v) is 26.0. The number of rotatable bonds is 10. The maximum atomic E-state index is 15.7. The predicted molar refractivity (Wildman–Crippen MR) is 157 cm³/mol. The lowest BCUT2D eigenvalue weighted by molar-refractivity contribution is -0.0568. The van der Waals surface area contributed by atoms with E-state index in [9.17, 15) is 19.0 Å². The number of aromatic amines is 1. The molecule has 0 aliphatic carbocycles. The van der Waals surface area contributed by atoms with Gasteiger partial charge in [-0.25, -0.2) is 23.3 Å². The third kappa shape index (κ3) is 6.09. The van der Waals surface area contributed by atoms with Crippen molar-refractivity contribution in [2.75, 3.05) is 24.7 Å². The number of nitrogen functional groups attached to an aromatic ring is 2. The van der Waals surface area contributed by atoms with E-state index in [4.69, 9.17) is 34.5 Å². The Labute approximate surface area is 260 Å². The Morgan fingerprint density at radius 2 is 1.91 bits per heavy atom. The summed E-state index contributed by atoms with van der Waals surface area (Å²) in [6.07, 6.45) is -10.6. The van der Waals surface area contributed by atoms with Crippen LogP contribution in [0.2, 0.25) is 0 Å². The summed E-state index contributed by atoms with van der Waals surface area (Å²) in [5.74, 6) is -0.169. The molecule has 0 spiro atoms. The average molecular weight is 713 g/mol. The van der Waals surface area contributed by atoms with E-state index in [2.05, 4.69) is 54.7 Å². The first-order valence-corrected chi connectivity index (χ1v) is 18.1. The van der Waals surface area contributed by atoms with Gasteiger partial charge in [-0.1, -0.05) is 29.7 Å². The Balaban J connectivity index is 1.22. The van der Waals surface area contributed by atoms with Gasteiger partial charge < -0.3 is 35.1 Å². The van der Waals surface area contributed by atoms with Crippen LogP contribution in [0.3, 0.4) is 0 Å². The number of thiol groups is 2. The monoisotopic (exact) mass is 712 g/mol. The number of nitrogens with two attached hydrogens (primary N) is 2. The second kappa shape index (κ2) is 12.5. The molecule has 4 aromatic heterocycles. The van der Waals surface area contributed by atoms with Crippen molar-refractivity contribution in [3.8, 4) is 0 Å². The Hall–Kier alpha value is -2.72. The third-order valence-electron chi connectivity index (χ3n) is 7.01. The molecule has 25 heteroatoms. The molecule has 2 aliphatic heterocycles. The molecule has 2 aliphatic rings. The normalized spacial score (nSPS) is 30.7. The minimum Gasteiger partial charge on any atom is -0.394 e. The van der Waals surface area contributed by atoms with Gasteiger partial charge in [0.15, 0.2) is 36.0 Å². The number of alkyl halides is 2. The van der Waals surface area contributed by atoms with E-state index >= 15 is 8.78 Å². The number of nitrogens with one attached hydrogen (secondary N) is 1. The number of ether oxygens (including phenoxy) is 2. The fourth-order valence-corrected chi connectivity index (χ4v) is 7.37. The Kier molecular flexibility index (Phi) is 8.93. The molecule has 6 rings (SSSR count). The SMILES string of the molecule is Nc1nc2c(nnn2[C@@H]2O[C@H](CO)[C@H](F)[C@H]2OP(=O)(S)OC[C@H]2O[C@@H](n3ccc4c(N)ncnc43)[C@@H](F)[C@@H]2O[PH](=O)S)c(=O)[nH]1. The molecule has 2 saturated heterocycles. The topological polar surface area (TPSA) is 260 Å². The van der Waals surface area contributed by atoms with Crippen molar-refractivity contribution in [3.63, 3.8) is 0 Å². The molecule has 0 aromatic carbocycles. The number of hydrogen-bond donors (Lipinski definition) is 6. The van der Waals surface area contributed by atoms with Gasteiger partial charge in [-0.05, 0) is 6.07 Å².